The van der Waals surface area contributed by atoms with Crippen LogP contribution in [0.3, 0.4) is 0 Å². The average molecular weight is 158 g/mol. The van der Waals surface area contributed by atoms with E-state index in [-0.39, 0.29) is 0 Å². The lowest BCUT2D eigenvalue weighted by Gasteiger charge is -2.35. The highest BCUT2D eigenvalue weighted by Gasteiger charge is 2.29. The molecule has 0 saturated carbocycles. The fraction of sp³-hybridized carbons (Fsp3) is 1.00. The van der Waals surface area contributed by atoms with E-state index in [1.807, 2.05) is 0 Å². The van der Waals surface area contributed by atoms with Crippen LogP contribution in [-0.4, -0.2) is 13.7 Å². The molecule has 0 aliphatic heterocycles. The van der Waals surface area contributed by atoms with Crippen LogP contribution in [0.25, 0.3) is 0 Å². The minimum Gasteiger partial charge on any atom is -0.384 e. The standard InChI is InChI=1S/C10H22O/c1-6-10(7-2,8-11-5)9(3)4/h9H,6-8H2,1-5H3. The maximum absolute atomic E-state index is 5.25. The van der Waals surface area contributed by atoms with Crippen molar-refractivity contribution in [1.82, 2.24) is 0 Å². The van der Waals surface area contributed by atoms with E-state index in [1.165, 1.54) is 12.8 Å². The number of methoxy groups -OCH3 is 1. The predicted octanol–water partition coefficient (Wildman–Crippen LogP) is 3.10. The van der Waals surface area contributed by atoms with Gasteiger partial charge in [-0.15, -0.1) is 0 Å². The normalized spacial score (nSPS) is 12.5. The molecule has 0 aromatic rings. The Hall–Kier alpha value is -0.0400. The van der Waals surface area contributed by atoms with Gasteiger partial charge in [0.2, 0.25) is 0 Å². The molecule has 0 fully saturated rings. The zero-order valence-corrected chi connectivity index (χ0v) is 8.61. The Morgan fingerprint density at radius 1 is 1.18 bits per heavy atom. The summed E-state index contributed by atoms with van der Waals surface area (Å²) in [4.78, 5) is 0. The fourth-order valence-corrected chi connectivity index (χ4v) is 1.72. The van der Waals surface area contributed by atoms with Crippen LogP contribution in [0.4, 0.5) is 0 Å². The monoisotopic (exact) mass is 158 g/mol. The van der Waals surface area contributed by atoms with Gasteiger partial charge in [0, 0.05) is 7.11 Å². The van der Waals surface area contributed by atoms with E-state index in [0.29, 0.717) is 5.41 Å². The minimum atomic E-state index is 0.411. The summed E-state index contributed by atoms with van der Waals surface area (Å²) < 4.78 is 5.25. The lowest BCUT2D eigenvalue weighted by molar-refractivity contribution is 0.0360. The third-order valence-corrected chi connectivity index (χ3v) is 3.06. The van der Waals surface area contributed by atoms with E-state index in [1.54, 1.807) is 7.11 Å². The molecule has 0 radical (unpaired) electrons. The van der Waals surface area contributed by atoms with Gasteiger partial charge in [0.1, 0.15) is 0 Å². The maximum Gasteiger partial charge on any atom is 0.0520 e. The molecular weight excluding hydrogens is 136 g/mol. The zero-order valence-electron chi connectivity index (χ0n) is 8.61. The first-order valence-corrected chi connectivity index (χ1v) is 4.62. The molecule has 1 nitrogen and oxygen atoms in total. The van der Waals surface area contributed by atoms with Gasteiger partial charge in [0.05, 0.1) is 6.61 Å². The second-order valence-corrected chi connectivity index (χ2v) is 3.66. The van der Waals surface area contributed by atoms with Gasteiger partial charge < -0.3 is 4.74 Å². The zero-order chi connectivity index (χ0) is 8.91. The summed E-state index contributed by atoms with van der Waals surface area (Å²) in [6.45, 7) is 9.97. The van der Waals surface area contributed by atoms with Crippen molar-refractivity contribution in [3.8, 4) is 0 Å². The Balaban J connectivity index is 4.20. The number of hydrogen-bond acceptors (Lipinski definition) is 1. The predicted molar refractivity (Wildman–Crippen MR) is 49.7 cm³/mol. The van der Waals surface area contributed by atoms with Crippen molar-refractivity contribution in [3.05, 3.63) is 0 Å². The summed E-state index contributed by atoms with van der Waals surface area (Å²) in [6, 6.07) is 0. The molecule has 0 N–H and O–H groups in total. The molecule has 1 heteroatoms. The Morgan fingerprint density at radius 3 is 1.73 bits per heavy atom. The molecule has 0 rings (SSSR count). The molecule has 0 spiro atoms. The molecule has 0 aromatic carbocycles. The van der Waals surface area contributed by atoms with Crippen molar-refractivity contribution in [2.75, 3.05) is 13.7 Å². The van der Waals surface area contributed by atoms with E-state index in [2.05, 4.69) is 27.7 Å². The van der Waals surface area contributed by atoms with Crippen molar-refractivity contribution >= 4 is 0 Å². The highest BCUT2D eigenvalue weighted by Crippen LogP contribution is 2.34. The maximum atomic E-state index is 5.25. The van der Waals surface area contributed by atoms with E-state index >= 15 is 0 Å². The van der Waals surface area contributed by atoms with Crippen LogP contribution in [0.15, 0.2) is 0 Å². The van der Waals surface area contributed by atoms with Gasteiger partial charge in [0.15, 0.2) is 0 Å². The first kappa shape index (κ1) is 11.0. The molecule has 0 aliphatic carbocycles. The lowest BCUT2D eigenvalue weighted by Crippen LogP contribution is -2.30. The first-order chi connectivity index (χ1) is 5.13. The topological polar surface area (TPSA) is 9.23 Å². The quantitative estimate of drug-likeness (QED) is 0.597. The van der Waals surface area contributed by atoms with E-state index in [4.69, 9.17) is 4.74 Å². The van der Waals surface area contributed by atoms with Crippen molar-refractivity contribution in [3.63, 3.8) is 0 Å². The lowest BCUT2D eigenvalue weighted by atomic mass is 9.73. The molecule has 0 aromatic heterocycles. The van der Waals surface area contributed by atoms with Gasteiger partial charge >= 0.3 is 0 Å². The van der Waals surface area contributed by atoms with Crippen LogP contribution in [0.5, 0.6) is 0 Å². The van der Waals surface area contributed by atoms with Crippen LogP contribution in [0.1, 0.15) is 40.5 Å². The van der Waals surface area contributed by atoms with Crippen LogP contribution in [0, 0.1) is 11.3 Å². The molecule has 0 heterocycles. The summed E-state index contributed by atoms with van der Waals surface area (Å²) in [5, 5.41) is 0. The highest BCUT2D eigenvalue weighted by atomic mass is 16.5. The van der Waals surface area contributed by atoms with E-state index in [9.17, 15) is 0 Å². The second-order valence-electron chi connectivity index (χ2n) is 3.66. The summed E-state index contributed by atoms with van der Waals surface area (Å²) in [5.74, 6) is 0.720. The van der Waals surface area contributed by atoms with Crippen molar-refractivity contribution < 1.29 is 4.74 Å². The Labute approximate surface area is 71.1 Å². The molecule has 0 unspecified atom stereocenters. The van der Waals surface area contributed by atoms with Gasteiger partial charge in [-0.25, -0.2) is 0 Å². The number of ether oxygens (including phenoxy) is 1. The van der Waals surface area contributed by atoms with Crippen molar-refractivity contribution in [2.45, 2.75) is 40.5 Å². The summed E-state index contributed by atoms with van der Waals surface area (Å²) in [6.07, 6.45) is 2.43. The van der Waals surface area contributed by atoms with Crippen LogP contribution >= 0.6 is 0 Å². The third kappa shape index (κ3) is 2.48. The van der Waals surface area contributed by atoms with Gasteiger partial charge in [0.25, 0.3) is 0 Å². The highest BCUT2D eigenvalue weighted by molar-refractivity contribution is 4.79. The number of hydrogen-bond donors (Lipinski definition) is 0. The molecule has 0 amide bonds. The average Bonchev–Trinajstić information content (AvgIpc) is 2.00. The molecule has 68 valence electrons. The second kappa shape index (κ2) is 4.76. The smallest absolute Gasteiger partial charge is 0.0520 e. The Morgan fingerprint density at radius 2 is 1.64 bits per heavy atom. The number of rotatable bonds is 5. The van der Waals surface area contributed by atoms with Gasteiger partial charge in [-0.3, -0.25) is 0 Å². The van der Waals surface area contributed by atoms with Gasteiger partial charge in [-0.2, -0.15) is 0 Å². The Kier molecular flexibility index (Phi) is 4.74. The van der Waals surface area contributed by atoms with Crippen LogP contribution < -0.4 is 0 Å². The summed E-state index contributed by atoms with van der Waals surface area (Å²) in [5.41, 5.74) is 0.411. The van der Waals surface area contributed by atoms with E-state index < -0.39 is 0 Å². The van der Waals surface area contributed by atoms with Crippen LogP contribution in [0.2, 0.25) is 0 Å². The molecular formula is C10H22O. The molecule has 0 bridgehead atoms. The minimum absolute atomic E-state index is 0.411. The Bertz CT molecular complexity index is 93.0. The van der Waals surface area contributed by atoms with Gasteiger partial charge in [-0.05, 0) is 24.2 Å². The first-order valence-electron chi connectivity index (χ1n) is 4.62. The van der Waals surface area contributed by atoms with Crippen molar-refractivity contribution in [1.29, 1.82) is 0 Å². The van der Waals surface area contributed by atoms with Crippen molar-refractivity contribution in [2.24, 2.45) is 11.3 Å². The fourth-order valence-electron chi connectivity index (χ4n) is 1.72. The molecule has 0 saturated heterocycles. The third-order valence-electron chi connectivity index (χ3n) is 3.06. The van der Waals surface area contributed by atoms with Crippen LogP contribution in [-0.2, 0) is 4.74 Å². The largest absolute Gasteiger partial charge is 0.384 e. The SMILES string of the molecule is CCC(CC)(COC)C(C)C. The molecule has 11 heavy (non-hydrogen) atoms. The summed E-state index contributed by atoms with van der Waals surface area (Å²) in [7, 11) is 1.79. The molecule has 0 atom stereocenters. The van der Waals surface area contributed by atoms with E-state index in [0.717, 1.165) is 12.5 Å². The molecule has 0 aliphatic rings. The van der Waals surface area contributed by atoms with Gasteiger partial charge in [-0.1, -0.05) is 27.7 Å². The summed E-state index contributed by atoms with van der Waals surface area (Å²) >= 11 is 0.